The van der Waals surface area contributed by atoms with Gasteiger partial charge in [-0.3, -0.25) is 9.59 Å². The number of halogens is 3. The Morgan fingerprint density at radius 3 is 2.31 bits per heavy atom. The van der Waals surface area contributed by atoms with Crippen LogP contribution >= 0.6 is 11.3 Å². The number of carboxylic acid groups (broad SMARTS) is 1. The number of sulfonamides is 1. The van der Waals surface area contributed by atoms with Gasteiger partial charge in [0, 0.05) is 6.04 Å². The van der Waals surface area contributed by atoms with Crippen molar-refractivity contribution in [2.24, 2.45) is 11.8 Å². The Morgan fingerprint density at radius 2 is 1.74 bits per heavy atom. The molecule has 0 radical (unpaired) electrons. The van der Waals surface area contributed by atoms with Gasteiger partial charge in [0.15, 0.2) is 5.01 Å². The lowest BCUT2D eigenvalue weighted by atomic mass is 9.80. The number of hydrogen-bond donors (Lipinski definition) is 3. The average molecular weight is 630 g/mol. The quantitative estimate of drug-likeness (QED) is 0.310. The van der Waals surface area contributed by atoms with E-state index in [4.69, 9.17) is 5.11 Å². The van der Waals surface area contributed by atoms with Crippen molar-refractivity contribution in [3.05, 3.63) is 34.5 Å². The number of aliphatic carboxylic acids is 1. The molecule has 2 aliphatic rings. The summed E-state index contributed by atoms with van der Waals surface area (Å²) in [6.07, 6.45) is 1.88. The molecule has 42 heavy (non-hydrogen) atoms. The molecule has 13 heteroatoms. The first kappa shape index (κ1) is 32.4. The number of alkyl halides is 3. The minimum Gasteiger partial charge on any atom is -0.481 e. The molecule has 2 aromatic rings. The van der Waals surface area contributed by atoms with Crippen molar-refractivity contribution in [3.8, 4) is 10.4 Å². The van der Waals surface area contributed by atoms with Crippen LogP contribution in [0, 0.1) is 11.8 Å². The summed E-state index contributed by atoms with van der Waals surface area (Å²) in [5, 5.41) is 12.2. The first-order valence-electron chi connectivity index (χ1n) is 14.2. The van der Waals surface area contributed by atoms with E-state index in [1.807, 2.05) is 26.8 Å². The average Bonchev–Trinajstić information content (AvgIpc) is 3.28. The van der Waals surface area contributed by atoms with Gasteiger partial charge in [0.05, 0.1) is 21.4 Å². The van der Waals surface area contributed by atoms with Crippen molar-refractivity contribution in [3.63, 3.8) is 0 Å². The van der Waals surface area contributed by atoms with Crippen molar-refractivity contribution >= 4 is 33.2 Å². The number of nitrogens with zero attached hydrogens (tertiary/aromatic N) is 1. The van der Waals surface area contributed by atoms with E-state index in [0.717, 1.165) is 50.4 Å². The Morgan fingerprint density at radius 1 is 1.10 bits per heavy atom. The van der Waals surface area contributed by atoms with Gasteiger partial charge in [0.1, 0.15) is 6.04 Å². The van der Waals surface area contributed by atoms with Crippen LogP contribution in [-0.2, 0) is 26.7 Å². The zero-order valence-electron chi connectivity index (χ0n) is 24.2. The minimum absolute atomic E-state index is 0.184. The summed E-state index contributed by atoms with van der Waals surface area (Å²) < 4.78 is 67.8. The molecular weight excluding hydrogens is 591 g/mol. The standard InChI is InChI=1S/C29H38F3N3O5S2/c1-16(29(30,31)32)35-42(39,40)22-14-18(11-20(15-22)28(2,3)4)24-23(10-17-8-6-5-7-9-17)34-26(41-24)25(36)33-21-12-19(13-21)27(37)38/h11,14-17,19,21,35H,5-10,12-13H2,1-4H3,(H,33,36)(H,37,38)/t16-,19?,21?/m0/s1. The summed E-state index contributed by atoms with van der Waals surface area (Å²) in [4.78, 5) is 29.3. The number of benzene rings is 1. The van der Waals surface area contributed by atoms with Gasteiger partial charge in [-0.2, -0.15) is 17.9 Å². The van der Waals surface area contributed by atoms with Crippen LogP contribution < -0.4 is 10.0 Å². The molecule has 8 nitrogen and oxygen atoms in total. The number of carbonyl (C=O) groups excluding carboxylic acids is 1. The molecule has 4 rings (SSSR count). The maximum Gasteiger partial charge on any atom is 0.404 e. The number of nitrogens with one attached hydrogen (secondary N) is 2. The van der Waals surface area contributed by atoms with Gasteiger partial charge in [0.2, 0.25) is 10.0 Å². The Kier molecular flexibility index (Phi) is 9.44. The number of carbonyl (C=O) groups is 2. The summed E-state index contributed by atoms with van der Waals surface area (Å²) in [5.74, 6) is -1.46. The second-order valence-electron chi connectivity index (χ2n) is 12.6. The highest BCUT2D eigenvalue weighted by Gasteiger charge is 2.39. The third kappa shape index (κ3) is 7.71. The highest BCUT2D eigenvalue weighted by molar-refractivity contribution is 7.89. The van der Waals surface area contributed by atoms with Crippen molar-refractivity contribution in [1.29, 1.82) is 0 Å². The summed E-state index contributed by atoms with van der Waals surface area (Å²) in [6.45, 7) is 6.40. The largest absolute Gasteiger partial charge is 0.481 e. The molecule has 0 saturated heterocycles. The second kappa shape index (κ2) is 12.2. The van der Waals surface area contributed by atoms with Gasteiger partial charge >= 0.3 is 12.1 Å². The van der Waals surface area contributed by atoms with E-state index < -0.39 is 45.5 Å². The summed E-state index contributed by atoms with van der Waals surface area (Å²) in [7, 11) is -4.54. The third-order valence-electron chi connectivity index (χ3n) is 8.09. The molecule has 1 amide bonds. The second-order valence-corrected chi connectivity index (χ2v) is 15.3. The molecule has 0 unspecified atom stereocenters. The van der Waals surface area contributed by atoms with Crippen molar-refractivity contribution in [1.82, 2.24) is 15.0 Å². The van der Waals surface area contributed by atoms with Crippen LogP contribution in [0.4, 0.5) is 13.2 Å². The van der Waals surface area contributed by atoms with E-state index in [9.17, 15) is 31.2 Å². The molecule has 2 aliphatic carbocycles. The number of hydrogen-bond acceptors (Lipinski definition) is 6. The maximum atomic E-state index is 13.2. The van der Waals surface area contributed by atoms with Crippen LogP contribution in [0.2, 0.25) is 0 Å². The fourth-order valence-corrected chi connectivity index (χ4v) is 7.63. The molecule has 1 aromatic heterocycles. The van der Waals surface area contributed by atoms with Crippen LogP contribution in [0.3, 0.4) is 0 Å². The first-order valence-corrected chi connectivity index (χ1v) is 16.5. The summed E-state index contributed by atoms with van der Waals surface area (Å²) in [5.41, 5.74) is 1.20. The van der Waals surface area contributed by atoms with Crippen molar-refractivity contribution < 1.29 is 36.3 Å². The van der Waals surface area contributed by atoms with E-state index in [-0.39, 0.29) is 15.9 Å². The van der Waals surface area contributed by atoms with Gasteiger partial charge in [0.25, 0.3) is 5.91 Å². The Labute approximate surface area is 248 Å². The SMILES string of the molecule is C[C@H](NS(=O)(=O)c1cc(-c2sc(C(=O)NC3CC(C(=O)O)C3)nc2CC2CCCCC2)cc(C(C)(C)C)c1)C(F)(F)F. The van der Waals surface area contributed by atoms with Gasteiger partial charge in [-0.1, -0.05) is 52.9 Å². The fourth-order valence-electron chi connectivity index (χ4n) is 5.35. The molecule has 2 saturated carbocycles. The topological polar surface area (TPSA) is 125 Å². The third-order valence-corrected chi connectivity index (χ3v) is 10.8. The van der Waals surface area contributed by atoms with E-state index >= 15 is 0 Å². The Hall–Kier alpha value is -2.51. The Balaban J connectivity index is 1.74. The van der Waals surface area contributed by atoms with E-state index in [0.29, 0.717) is 46.9 Å². The number of amides is 1. The highest BCUT2D eigenvalue weighted by atomic mass is 32.2. The van der Waals surface area contributed by atoms with Gasteiger partial charge < -0.3 is 10.4 Å². The molecule has 3 N–H and O–H groups in total. The number of rotatable bonds is 9. The van der Waals surface area contributed by atoms with Gasteiger partial charge in [-0.25, -0.2) is 13.4 Å². The van der Waals surface area contributed by atoms with Crippen LogP contribution in [0.5, 0.6) is 0 Å². The molecule has 2 fully saturated rings. The lowest BCUT2D eigenvalue weighted by Gasteiger charge is -2.32. The molecular formula is C29H38F3N3O5S2. The Bertz CT molecular complexity index is 1420. The van der Waals surface area contributed by atoms with Crippen LogP contribution in [0.15, 0.2) is 23.1 Å². The molecule has 1 heterocycles. The molecule has 1 aromatic carbocycles. The van der Waals surface area contributed by atoms with Gasteiger partial charge in [-0.15, -0.1) is 11.3 Å². The number of thiazole rings is 1. The predicted octanol–water partition coefficient (Wildman–Crippen LogP) is 6.05. The monoisotopic (exact) mass is 629 g/mol. The maximum absolute atomic E-state index is 13.2. The molecule has 0 spiro atoms. The predicted molar refractivity (Wildman–Crippen MR) is 154 cm³/mol. The molecule has 232 valence electrons. The van der Waals surface area contributed by atoms with E-state index in [1.54, 1.807) is 4.72 Å². The smallest absolute Gasteiger partial charge is 0.404 e. The van der Waals surface area contributed by atoms with Crippen LogP contribution in [-0.4, -0.2) is 48.6 Å². The summed E-state index contributed by atoms with van der Waals surface area (Å²) >= 11 is 1.12. The van der Waals surface area contributed by atoms with E-state index in [2.05, 4.69) is 10.3 Å². The van der Waals surface area contributed by atoms with Crippen molar-refractivity contribution in [2.45, 2.75) is 108 Å². The number of aromatic nitrogens is 1. The van der Waals surface area contributed by atoms with E-state index in [1.165, 1.54) is 12.1 Å². The fraction of sp³-hybridized carbons (Fsp3) is 0.621. The molecule has 0 aliphatic heterocycles. The lowest BCUT2D eigenvalue weighted by Crippen LogP contribution is -2.46. The summed E-state index contributed by atoms with van der Waals surface area (Å²) in [6, 6.07) is 2.01. The zero-order valence-corrected chi connectivity index (χ0v) is 25.8. The molecule has 1 atom stereocenters. The molecule has 0 bridgehead atoms. The highest BCUT2D eigenvalue weighted by Crippen LogP contribution is 2.39. The van der Waals surface area contributed by atoms with Gasteiger partial charge in [-0.05, 0) is 66.8 Å². The van der Waals surface area contributed by atoms with Crippen LogP contribution in [0.1, 0.15) is 93.7 Å². The first-order chi connectivity index (χ1) is 19.4. The minimum atomic E-state index is -4.75. The lowest BCUT2D eigenvalue weighted by molar-refractivity contribution is -0.147. The van der Waals surface area contributed by atoms with Crippen LogP contribution in [0.25, 0.3) is 10.4 Å². The zero-order chi connectivity index (χ0) is 31.0. The van der Waals surface area contributed by atoms with Crippen molar-refractivity contribution in [2.75, 3.05) is 0 Å². The number of carboxylic acids is 1. The normalized spacial score (nSPS) is 21.0.